The summed E-state index contributed by atoms with van der Waals surface area (Å²) in [4.78, 5) is 8.35. The molecule has 0 radical (unpaired) electrons. The average Bonchev–Trinajstić information content (AvgIpc) is 2.33. The third kappa shape index (κ3) is 2.29. The minimum Gasteiger partial charge on any atom is -0.494 e. The predicted molar refractivity (Wildman–Crippen MR) is 68.5 cm³/mol. The number of nitrogens with zero attached hydrogens (tertiary/aromatic N) is 2. The fraction of sp³-hybridized carbons (Fsp3) is 0.231. The Morgan fingerprint density at radius 1 is 1.22 bits per heavy atom. The number of benzene rings is 1. The summed E-state index contributed by atoms with van der Waals surface area (Å²) in [6.07, 6.45) is 0. The van der Waals surface area contributed by atoms with Gasteiger partial charge in [-0.25, -0.2) is 14.4 Å². The number of hydrogen-bond acceptors (Lipinski definition) is 3. The van der Waals surface area contributed by atoms with Crippen molar-refractivity contribution in [1.29, 1.82) is 0 Å². The van der Waals surface area contributed by atoms with Crippen LogP contribution in [-0.4, -0.2) is 17.1 Å². The van der Waals surface area contributed by atoms with Crippen LogP contribution in [0.15, 0.2) is 18.2 Å². The number of aromatic nitrogens is 2. The zero-order valence-corrected chi connectivity index (χ0v) is 11.0. The second-order valence-electron chi connectivity index (χ2n) is 3.88. The maximum absolute atomic E-state index is 13.7. The van der Waals surface area contributed by atoms with Crippen molar-refractivity contribution in [3.05, 3.63) is 40.6 Å². The zero-order chi connectivity index (χ0) is 13.3. The molecule has 0 spiro atoms. The molecular weight excluding hydrogens is 255 g/mol. The molecule has 0 atom stereocenters. The van der Waals surface area contributed by atoms with E-state index in [2.05, 4.69) is 9.97 Å². The molecule has 1 aromatic carbocycles. The van der Waals surface area contributed by atoms with Crippen molar-refractivity contribution in [3.63, 3.8) is 0 Å². The minimum absolute atomic E-state index is 0.202. The SMILES string of the molecule is COc1ccc(-c2nc(C)nc(Cl)c2C)cc1F. The number of hydrogen-bond donors (Lipinski definition) is 0. The van der Waals surface area contributed by atoms with E-state index < -0.39 is 5.82 Å². The van der Waals surface area contributed by atoms with E-state index >= 15 is 0 Å². The van der Waals surface area contributed by atoms with Gasteiger partial charge in [0.2, 0.25) is 0 Å². The highest BCUT2D eigenvalue weighted by molar-refractivity contribution is 6.30. The molecule has 0 saturated carbocycles. The molecule has 2 aromatic rings. The molecule has 5 heteroatoms. The van der Waals surface area contributed by atoms with Crippen molar-refractivity contribution in [2.24, 2.45) is 0 Å². The van der Waals surface area contributed by atoms with Crippen LogP contribution in [0.4, 0.5) is 4.39 Å². The summed E-state index contributed by atoms with van der Waals surface area (Å²) in [6.45, 7) is 3.55. The van der Waals surface area contributed by atoms with Crippen molar-refractivity contribution >= 4 is 11.6 Å². The van der Waals surface area contributed by atoms with Crippen LogP contribution in [0.1, 0.15) is 11.4 Å². The third-order valence-electron chi connectivity index (χ3n) is 2.62. The highest BCUT2D eigenvalue weighted by atomic mass is 35.5. The van der Waals surface area contributed by atoms with Crippen LogP contribution in [0, 0.1) is 19.7 Å². The lowest BCUT2D eigenvalue weighted by molar-refractivity contribution is 0.386. The Hall–Kier alpha value is -1.68. The van der Waals surface area contributed by atoms with Crippen LogP contribution < -0.4 is 4.74 Å². The fourth-order valence-corrected chi connectivity index (χ4v) is 1.90. The summed E-state index contributed by atoms with van der Waals surface area (Å²) in [5.41, 5.74) is 2.01. The molecule has 0 unspecified atom stereocenters. The van der Waals surface area contributed by atoms with E-state index in [1.54, 1.807) is 26.0 Å². The van der Waals surface area contributed by atoms with Crippen LogP contribution in [0.2, 0.25) is 5.15 Å². The van der Waals surface area contributed by atoms with E-state index in [0.29, 0.717) is 22.2 Å². The Bertz CT molecular complexity index is 602. The summed E-state index contributed by atoms with van der Waals surface area (Å²) >= 11 is 6.00. The average molecular weight is 267 g/mol. The first-order valence-electron chi connectivity index (χ1n) is 5.37. The molecule has 2 rings (SSSR count). The van der Waals surface area contributed by atoms with E-state index in [9.17, 15) is 4.39 Å². The van der Waals surface area contributed by atoms with Gasteiger partial charge in [0.25, 0.3) is 0 Å². The van der Waals surface area contributed by atoms with Gasteiger partial charge in [0.05, 0.1) is 12.8 Å². The summed E-state index contributed by atoms with van der Waals surface area (Å²) in [7, 11) is 1.43. The van der Waals surface area contributed by atoms with Crippen LogP contribution >= 0.6 is 11.6 Å². The zero-order valence-electron chi connectivity index (χ0n) is 10.3. The first-order chi connectivity index (χ1) is 8.52. The van der Waals surface area contributed by atoms with Crippen molar-refractivity contribution in [2.45, 2.75) is 13.8 Å². The van der Waals surface area contributed by atoms with Gasteiger partial charge in [-0.1, -0.05) is 11.6 Å². The molecule has 1 aromatic heterocycles. The molecular formula is C13H12ClFN2O. The minimum atomic E-state index is -0.429. The van der Waals surface area contributed by atoms with Gasteiger partial charge in [-0.05, 0) is 32.0 Å². The van der Waals surface area contributed by atoms with Gasteiger partial charge < -0.3 is 4.74 Å². The molecule has 0 saturated heterocycles. The molecule has 3 nitrogen and oxygen atoms in total. The normalized spacial score (nSPS) is 10.5. The fourth-order valence-electron chi connectivity index (χ4n) is 1.69. The quantitative estimate of drug-likeness (QED) is 0.780. The van der Waals surface area contributed by atoms with Crippen LogP contribution in [0.25, 0.3) is 11.3 Å². The van der Waals surface area contributed by atoms with E-state index in [-0.39, 0.29) is 5.75 Å². The number of aryl methyl sites for hydroxylation is 1. The van der Waals surface area contributed by atoms with Gasteiger partial charge in [0.1, 0.15) is 11.0 Å². The van der Waals surface area contributed by atoms with Gasteiger partial charge in [-0.3, -0.25) is 0 Å². The van der Waals surface area contributed by atoms with Crippen molar-refractivity contribution in [3.8, 4) is 17.0 Å². The number of rotatable bonds is 2. The highest BCUT2D eigenvalue weighted by Crippen LogP contribution is 2.28. The Kier molecular flexibility index (Phi) is 3.48. The Balaban J connectivity index is 2.58. The van der Waals surface area contributed by atoms with Crippen LogP contribution in [-0.2, 0) is 0 Å². The molecule has 0 amide bonds. The molecule has 0 bridgehead atoms. The summed E-state index contributed by atoms with van der Waals surface area (Å²) in [6, 6.07) is 4.69. The van der Waals surface area contributed by atoms with E-state index in [4.69, 9.17) is 16.3 Å². The third-order valence-corrected chi connectivity index (χ3v) is 2.99. The van der Waals surface area contributed by atoms with E-state index in [1.807, 2.05) is 0 Å². The van der Waals surface area contributed by atoms with Crippen molar-refractivity contribution in [2.75, 3.05) is 7.11 Å². The molecule has 94 valence electrons. The smallest absolute Gasteiger partial charge is 0.165 e. The maximum Gasteiger partial charge on any atom is 0.165 e. The number of ether oxygens (including phenoxy) is 1. The Labute approximate surface area is 110 Å². The summed E-state index contributed by atoms with van der Waals surface area (Å²) in [5, 5.41) is 0.383. The lowest BCUT2D eigenvalue weighted by Gasteiger charge is -2.09. The van der Waals surface area contributed by atoms with Crippen LogP contribution in [0.5, 0.6) is 5.75 Å². The van der Waals surface area contributed by atoms with E-state index in [1.165, 1.54) is 13.2 Å². The van der Waals surface area contributed by atoms with Gasteiger partial charge >= 0.3 is 0 Å². The van der Waals surface area contributed by atoms with Crippen molar-refractivity contribution < 1.29 is 9.13 Å². The van der Waals surface area contributed by atoms with E-state index in [0.717, 1.165) is 5.56 Å². The predicted octanol–water partition coefficient (Wildman–Crippen LogP) is 3.56. The second kappa shape index (κ2) is 4.90. The lowest BCUT2D eigenvalue weighted by atomic mass is 10.1. The highest BCUT2D eigenvalue weighted by Gasteiger charge is 2.12. The first kappa shape index (κ1) is 12.8. The summed E-state index contributed by atoms with van der Waals surface area (Å²) < 4.78 is 18.5. The Morgan fingerprint density at radius 3 is 2.56 bits per heavy atom. The molecule has 0 N–H and O–H groups in total. The maximum atomic E-state index is 13.7. The molecule has 0 aliphatic heterocycles. The monoisotopic (exact) mass is 266 g/mol. The Morgan fingerprint density at radius 2 is 1.94 bits per heavy atom. The number of halogens is 2. The molecule has 1 heterocycles. The lowest BCUT2D eigenvalue weighted by Crippen LogP contribution is -1.97. The standard InChI is InChI=1S/C13H12ClFN2O/c1-7-12(16-8(2)17-13(7)14)9-4-5-11(18-3)10(15)6-9/h4-6H,1-3H3. The molecule has 18 heavy (non-hydrogen) atoms. The van der Waals surface area contributed by atoms with Gasteiger partial charge in [-0.15, -0.1) is 0 Å². The first-order valence-corrected chi connectivity index (χ1v) is 5.75. The molecule has 0 aliphatic carbocycles. The second-order valence-corrected chi connectivity index (χ2v) is 4.24. The largest absolute Gasteiger partial charge is 0.494 e. The van der Waals surface area contributed by atoms with Gasteiger partial charge in [0.15, 0.2) is 11.6 Å². The topological polar surface area (TPSA) is 35.0 Å². The van der Waals surface area contributed by atoms with Gasteiger partial charge in [0, 0.05) is 11.1 Å². The molecule has 0 fully saturated rings. The van der Waals surface area contributed by atoms with Gasteiger partial charge in [-0.2, -0.15) is 0 Å². The molecule has 0 aliphatic rings. The van der Waals surface area contributed by atoms with Crippen LogP contribution in [0.3, 0.4) is 0 Å². The summed E-state index contributed by atoms with van der Waals surface area (Å²) in [5.74, 6) is 0.326. The number of methoxy groups -OCH3 is 1. The van der Waals surface area contributed by atoms with Crippen molar-refractivity contribution in [1.82, 2.24) is 9.97 Å².